The summed E-state index contributed by atoms with van der Waals surface area (Å²) in [6, 6.07) is 3.72. The van der Waals surface area contributed by atoms with Crippen molar-refractivity contribution in [2.75, 3.05) is 5.32 Å². The number of oxazole rings is 1. The second-order valence-corrected chi connectivity index (χ2v) is 4.05. The lowest BCUT2D eigenvalue weighted by atomic mass is 10.4. The molecule has 0 aromatic carbocycles. The van der Waals surface area contributed by atoms with Crippen LogP contribution in [0.3, 0.4) is 0 Å². The van der Waals surface area contributed by atoms with Crippen LogP contribution in [0.4, 0.5) is 5.82 Å². The number of anilines is 1. The number of aromatic nitrogens is 4. The van der Waals surface area contributed by atoms with Crippen molar-refractivity contribution in [1.82, 2.24) is 19.6 Å². The molecule has 18 heavy (non-hydrogen) atoms. The zero-order valence-corrected chi connectivity index (χ0v) is 10.2. The quantitative estimate of drug-likeness (QED) is 0.761. The molecule has 0 amide bonds. The predicted molar refractivity (Wildman–Crippen MR) is 66.3 cm³/mol. The number of hydrogen-bond acceptors (Lipinski definition) is 5. The van der Waals surface area contributed by atoms with Crippen LogP contribution in [0.5, 0.6) is 0 Å². The van der Waals surface area contributed by atoms with Gasteiger partial charge in [0.15, 0.2) is 5.65 Å². The minimum Gasteiger partial charge on any atom is -0.444 e. The van der Waals surface area contributed by atoms with E-state index in [-0.39, 0.29) is 0 Å². The van der Waals surface area contributed by atoms with E-state index in [0.29, 0.717) is 12.4 Å². The third-order valence-electron chi connectivity index (χ3n) is 2.75. The van der Waals surface area contributed by atoms with E-state index < -0.39 is 0 Å². The Morgan fingerprint density at radius 2 is 2.17 bits per heavy atom. The smallest absolute Gasteiger partial charge is 0.213 e. The Hall–Kier alpha value is -2.37. The van der Waals surface area contributed by atoms with Crippen molar-refractivity contribution in [3.8, 4) is 0 Å². The fourth-order valence-electron chi connectivity index (χ4n) is 1.69. The lowest BCUT2D eigenvalue weighted by Gasteiger charge is -2.02. The first kappa shape index (κ1) is 10.8. The summed E-state index contributed by atoms with van der Waals surface area (Å²) in [6.45, 7) is 4.35. The van der Waals surface area contributed by atoms with E-state index in [9.17, 15) is 0 Å². The third-order valence-corrected chi connectivity index (χ3v) is 2.75. The first-order valence-electron chi connectivity index (χ1n) is 5.69. The molecule has 92 valence electrons. The van der Waals surface area contributed by atoms with Crippen molar-refractivity contribution in [1.29, 1.82) is 0 Å². The van der Waals surface area contributed by atoms with Gasteiger partial charge in [-0.25, -0.2) is 14.5 Å². The fraction of sp³-hybridized carbons (Fsp3) is 0.250. The van der Waals surface area contributed by atoms with E-state index >= 15 is 0 Å². The fourth-order valence-corrected chi connectivity index (χ4v) is 1.69. The molecule has 0 aliphatic rings. The van der Waals surface area contributed by atoms with Crippen molar-refractivity contribution in [2.24, 2.45) is 0 Å². The second kappa shape index (κ2) is 4.14. The lowest BCUT2D eigenvalue weighted by molar-refractivity contribution is 0.478. The van der Waals surface area contributed by atoms with Gasteiger partial charge in [0.05, 0.1) is 18.4 Å². The highest BCUT2D eigenvalue weighted by Crippen LogP contribution is 2.11. The molecular weight excluding hydrogens is 230 g/mol. The Bertz CT molecular complexity index is 665. The van der Waals surface area contributed by atoms with E-state index in [1.807, 2.05) is 32.2 Å². The summed E-state index contributed by atoms with van der Waals surface area (Å²) in [5.41, 5.74) is 1.73. The van der Waals surface area contributed by atoms with Crippen molar-refractivity contribution < 1.29 is 4.42 Å². The number of fused-ring (bicyclic) bond motifs is 1. The van der Waals surface area contributed by atoms with Gasteiger partial charge in [-0.2, -0.15) is 5.10 Å². The maximum absolute atomic E-state index is 5.49. The van der Waals surface area contributed by atoms with E-state index in [2.05, 4.69) is 20.4 Å². The maximum Gasteiger partial charge on any atom is 0.213 e. The minimum atomic E-state index is 0.520. The van der Waals surface area contributed by atoms with Crippen LogP contribution in [0.15, 0.2) is 28.9 Å². The zero-order chi connectivity index (χ0) is 12.5. The first-order chi connectivity index (χ1) is 8.72. The van der Waals surface area contributed by atoms with Gasteiger partial charge in [0.2, 0.25) is 5.89 Å². The van der Waals surface area contributed by atoms with E-state index in [1.54, 1.807) is 10.7 Å². The molecule has 0 spiro atoms. The van der Waals surface area contributed by atoms with Crippen molar-refractivity contribution in [2.45, 2.75) is 20.4 Å². The molecular formula is C12H13N5O. The van der Waals surface area contributed by atoms with Crippen molar-refractivity contribution >= 4 is 11.5 Å². The largest absolute Gasteiger partial charge is 0.444 e. The molecule has 1 N–H and O–H groups in total. The number of nitrogens with zero attached hydrogens (tertiary/aromatic N) is 4. The summed E-state index contributed by atoms with van der Waals surface area (Å²) < 4.78 is 7.20. The van der Waals surface area contributed by atoms with Crippen LogP contribution in [0.2, 0.25) is 0 Å². The maximum atomic E-state index is 5.49. The van der Waals surface area contributed by atoms with Gasteiger partial charge in [0.25, 0.3) is 0 Å². The van der Waals surface area contributed by atoms with Crippen molar-refractivity contribution in [3.05, 3.63) is 41.9 Å². The molecule has 0 radical (unpaired) electrons. The van der Waals surface area contributed by atoms with Gasteiger partial charge < -0.3 is 9.73 Å². The minimum absolute atomic E-state index is 0.520. The van der Waals surface area contributed by atoms with Gasteiger partial charge in [0, 0.05) is 12.3 Å². The molecule has 6 heteroatoms. The van der Waals surface area contributed by atoms with Gasteiger partial charge >= 0.3 is 0 Å². The summed E-state index contributed by atoms with van der Waals surface area (Å²) in [7, 11) is 0. The van der Waals surface area contributed by atoms with Crippen LogP contribution in [-0.2, 0) is 6.54 Å². The summed E-state index contributed by atoms with van der Waals surface area (Å²) in [4.78, 5) is 8.70. The number of rotatable bonds is 3. The van der Waals surface area contributed by atoms with Crippen LogP contribution in [0, 0.1) is 13.8 Å². The predicted octanol–water partition coefficient (Wildman–Crippen LogP) is 1.95. The molecule has 0 aliphatic carbocycles. The van der Waals surface area contributed by atoms with Gasteiger partial charge in [-0.3, -0.25) is 0 Å². The van der Waals surface area contributed by atoms with Gasteiger partial charge in [0.1, 0.15) is 11.6 Å². The average molecular weight is 243 g/mol. The lowest BCUT2D eigenvalue weighted by Crippen LogP contribution is -2.02. The monoisotopic (exact) mass is 243 g/mol. The molecule has 0 fully saturated rings. The summed E-state index contributed by atoms with van der Waals surface area (Å²) >= 11 is 0. The molecule has 3 heterocycles. The molecule has 0 saturated heterocycles. The second-order valence-electron chi connectivity index (χ2n) is 4.05. The van der Waals surface area contributed by atoms with E-state index in [4.69, 9.17) is 4.42 Å². The van der Waals surface area contributed by atoms with E-state index in [1.165, 1.54) is 0 Å². The summed E-state index contributed by atoms with van der Waals surface area (Å²) in [5, 5.41) is 7.26. The Balaban J connectivity index is 1.76. The normalized spacial score (nSPS) is 11.0. The number of hydrogen-bond donors (Lipinski definition) is 1. The van der Waals surface area contributed by atoms with Crippen molar-refractivity contribution in [3.63, 3.8) is 0 Å². The standard InChI is InChI=1S/C12H13N5O/c1-8-9(2)18-12(15-8)7-13-10-4-6-17-11(16-10)3-5-14-17/h3-6H,7H2,1-2H3,(H,13,16). The molecule has 0 unspecified atom stereocenters. The molecule has 3 aromatic heterocycles. The van der Waals surface area contributed by atoms with Gasteiger partial charge in [-0.05, 0) is 19.9 Å². The van der Waals surface area contributed by atoms with E-state index in [0.717, 1.165) is 22.9 Å². The molecule has 0 bridgehead atoms. The van der Waals surface area contributed by atoms with Crippen LogP contribution >= 0.6 is 0 Å². The Labute approximate surface area is 104 Å². The molecule has 6 nitrogen and oxygen atoms in total. The van der Waals surface area contributed by atoms with Gasteiger partial charge in [-0.15, -0.1) is 0 Å². The zero-order valence-electron chi connectivity index (χ0n) is 10.2. The highest BCUT2D eigenvalue weighted by molar-refractivity contribution is 5.45. The molecule has 0 aliphatic heterocycles. The Kier molecular flexibility index (Phi) is 2.47. The van der Waals surface area contributed by atoms with Crippen LogP contribution in [-0.4, -0.2) is 19.6 Å². The highest BCUT2D eigenvalue weighted by Gasteiger charge is 2.05. The van der Waals surface area contributed by atoms with Gasteiger partial charge in [-0.1, -0.05) is 0 Å². The van der Waals surface area contributed by atoms with Crippen LogP contribution in [0.25, 0.3) is 5.65 Å². The van der Waals surface area contributed by atoms with Crippen LogP contribution < -0.4 is 5.32 Å². The summed E-state index contributed by atoms with van der Waals surface area (Å²) in [5.74, 6) is 2.29. The molecule has 3 rings (SSSR count). The Morgan fingerprint density at radius 3 is 2.94 bits per heavy atom. The molecule has 3 aromatic rings. The first-order valence-corrected chi connectivity index (χ1v) is 5.69. The summed E-state index contributed by atoms with van der Waals surface area (Å²) in [6.07, 6.45) is 3.57. The topological polar surface area (TPSA) is 68.2 Å². The third kappa shape index (κ3) is 1.92. The number of nitrogens with one attached hydrogen (secondary N) is 1. The van der Waals surface area contributed by atoms with Crippen LogP contribution in [0.1, 0.15) is 17.3 Å². The Morgan fingerprint density at radius 1 is 1.28 bits per heavy atom. The molecule has 0 saturated carbocycles. The number of aryl methyl sites for hydroxylation is 2. The average Bonchev–Trinajstić information content (AvgIpc) is 2.94. The SMILES string of the molecule is Cc1nc(CNc2ccn3nccc3n2)oc1C. The molecule has 0 atom stereocenters. The highest BCUT2D eigenvalue weighted by atomic mass is 16.4.